The van der Waals surface area contributed by atoms with Crippen LogP contribution in [0.25, 0.3) is 0 Å². The van der Waals surface area contributed by atoms with Crippen LogP contribution in [-0.2, 0) is 15.8 Å². The molecule has 9 heteroatoms. The maximum Gasteiger partial charge on any atom is 0.431 e. The Kier molecular flexibility index (Phi) is 5.07. The molecule has 0 aliphatic heterocycles. The number of carbonyl (C=O) groups is 1. The van der Waals surface area contributed by atoms with Gasteiger partial charge in [-0.3, -0.25) is 14.4 Å². The predicted octanol–water partition coefficient (Wildman–Crippen LogP) is 0.702. The molecule has 1 aromatic heterocycles. The van der Waals surface area contributed by atoms with E-state index in [-0.39, 0.29) is 13.2 Å². The fraction of sp³-hybridized carbons (Fsp3) is 0.400. The first-order valence-electron chi connectivity index (χ1n) is 5.08. The van der Waals surface area contributed by atoms with Crippen molar-refractivity contribution in [1.82, 2.24) is 10.5 Å². The number of aromatic nitrogens is 1. The lowest BCUT2D eigenvalue weighted by atomic mass is 10.2. The largest absolute Gasteiger partial charge is 0.431 e. The van der Waals surface area contributed by atoms with Crippen molar-refractivity contribution in [3.05, 3.63) is 33.7 Å². The second-order valence-electron chi connectivity index (χ2n) is 3.39. The van der Waals surface area contributed by atoms with Gasteiger partial charge in [0, 0.05) is 7.11 Å². The highest BCUT2D eigenvalue weighted by Crippen LogP contribution is 2.26. The van der Waals surface area contributed by atoms with Crippen LogP contribution in [0.3, 0.4) is 0 Å². The second kappa shape index (κ2) is 6.34. The van der Waals surface area contributed by atoms with E-state index >= 15 is 0 Å². The number of methoxy groups -OCH3 is 1. The highest BCUT2D eigenvalue weighted by Gasteiger charge is 2.32. The summed E-state index contributed by atoms with van der Waals surface area (Å²) in [6.45, 7) is 0.254. The molecule has 1 rings (SSSR count). The zero-order valence-electron chi connectivity index (χ0n) is 9.84. The molecule has 0 saturated carbocycles. The number of hydrogen-bond acceptors (Lipinski definition) is 4. The number of carbonyl (C=O) groups excluding carboxylic acids is 1. The van der Waals surface area contributed by atoms with E-state index in [9.17, 15) is 22.8 Å². The maximum atomic E-state index is 12.3. The van der Waals surface area contributed by atoms with E-state index < -0.39 is 28.9 Å². The summed E-state index contributed by atoms with van der Waals surface area (Å²) in [5.41, 5.74) is -0.946. The molecular weight excluding hydrogens is 269 g/mol. The van der Waals surface area contributed by atoms with E-state index in [2.05, 4.69) is 9.57 Å². The molecule has 1 heterocycles. The number of pyridine rings is 1. The van der Waals surface area contributed by atoms with Crippen molar-refractivity contribution < 1.29 is 27.5 Å². The van der Waals surface area contributed by atoms with E-state index in [1.807, 2.05) is 5.48 Å². The number of hydrogen-bond donors (Lipinski definition) is 2. The molecule has 0 aliphatic carbocycles. The van der Waals surface area contributed by atoms with E-state index in [0.29, 0.717) is 6.07 Å². The maximum absolute atomic E-state index is 12.3. The van der Waals surface area contributed by atoms with Gasteiger partial charge >= 0.3 is 6.18 Å². The molecule has 0 fully saturated rings. The molecular formula is C10H11F3N2O4. The number of alkyl halides is 3. The lowest BCUT2D eigenvalue weighted by molar-refractivity contribution is -0.141. The minimum atomic E-state index is -4.68. The van der Waals surface area contributed by atoms with Crippen molar-refractivity contribution in [3.63, 3.8) is 0 Å². The molecule has 0 saturated heterocycles. The van der Waals surface area contributed by atoms with Crippen molar-refractivity contribution in [1.29, 1.82) is 0 Å². The SMILES string of the molecule is COCCONC(=O)c1ccc(C(F)(F)F)[nH]c1=O. The van der Waals surface area contributed by atoms with Crippen LogP contribution in [0.1, 0.15) is 16.1 Å². The molecule has 106 valence electrons. The highest BCUT2D eigenvalue weighted by atomic mass is 19.4. The number of amides is 1. The van der Waals surface area contributed by atoms with Crippen LogP contribution < -0.4 is 11.0 Å². The van der Waals surface area contributed by atoms with Gasteiger partial charge in [-0.05, 0) is 12.1 Å². The van der Waals surface area contributed by atoms with Gasteiger partial charge in [0.25, 0.3) is 11.5 Å². The molecule has 2 N–H and O–H groups in total. The summed E-state index contributed by atoms with van der Waals surface area (Å²) >= 11 is 0. The zero-order valence-corrected chi connectivity index (χ0v) is 9.84. The van der Waals surface area contributed by atoms with Gasteiger partial charge in [-0.2, -0.15) is 13.2 Å². The summed E-state index contributed by atoms with van der Waals surface area (Å²) in [5.74, 6) is -0.939. The number of rotatable bonds is 5. The molecule has 0 spiro atoms. The monoisotopic (exact) mass is 280 g/mol. The van der Waals surface area contributed by atoms with E-state index in [1.165, 1.54) is 7.11 Å². The first-order valence-corrected chi connectivity index (χ1v) is 5.08. The minimum absolute atomic E-state index is 0.0424. The summed E-state index contributed by atoms with van der Waals surface area (Å²) in [4.78, 5) is 29.0. The third-order valence-corrected chi connectivity index (χ3v) is 2.01. The Labute approximate surface area is 105 Å². The second-order valence-corrected chi connectivity index (χ2v) is 3.39. The Bertz CT molecular complexity index is 498. The van der Waals surface area contributed by atoms with Crippen molar-refractivity contribution in [3.8, 4) is 0 Å². The van der Waals surface area contributed by atoms with Gasteiger partial charge in [0.2, 0.25) is 0 Å². The Hall–Kier alpha value is -1.87. The Morgan fingerprint density at radius 1 is 1.37 bits per heavy atom. The number of halogens is 3. The standard InChI is InChI=1S/C10H11F3N2O4/c1-18-4-5-19-15-9(17)6-2-3-7(10(11,12)13)14-8(6)16/h2-3H,4-5H2,1H3,(H,14,16)(H,15,17). The third kappa shape index (κ3) is 4.38. The number of hydroxylamine groups is 1. The molecule has 0 aromatic carbocycles. The van der Waals surface area contributed by atoms with Crippen LogP contribution in [0.4, 0.5) is 13.2 Å². The molecule has 1 aromatic rings. The first-order chi connectivity index (χ1) is 8.86. The number of aromatic amines is 1. The summed E-state index contributed by atoms with van der Waals surface area (Å²) < 4.78 is 41.5. The van der Waals surface area contributed by atoms with Crippen LogP contribution in [0.5, 0.6) is 0 Å². The topological polar surface area (TPSA) is 80.4 Å². The van der Waals surface area contributed by atoms with E-state index in [0.717, 1.165) is 6.07 Å². The Balaban J connectivity index is 2.74. The fourth-order valence-corrected chi connectivity index (χ4v) is 1.11. The molecule has 0 unspecified atom stereocenters. The van der Waals surface area contributed by atoms with Gasteiger partial charge in [0.05, 0.1) is 13.2 Å². The Morgan fingerprint density at radius 2 is 2.05 bits per heavy atom. The van der Waals surface area contributed by atoms with Crippen molar-refractivity contribution in [2.24, 2.45) is 0 Å². The molecule has 0 atom stereocenters. The molecule has 6 nitrogen and oxygen atoms in total. The summed E-state index contributed by atoms with van der Waals surface area (Å²) in [6, 6.07) is 1.38. The summed E-state index contributed by atoms with van der Waals surface area (Å²) in [6.07, 6.45) is -4.68. The molecule has 0 aliphatic rings. The van der Waals surface area contributed by atoms with Gasteiger partial charge in [-0.15, -0.1) is 0 Å². The normalized spacial score (nSPS) is 11.4. The third-order valence-electron chi connectivity index (χ3n) is 2.01. The lowest BCUT2D eigenvalue weighted by Gasteiger charge is -2.08. The summed E-state index contributed by atoms with van der Waals surface area (Å²) in [5, 5.41) is 0. The smallest absolute Gasteiger partial charge is 0.382 e. The van der Waals surface area contributed by atoms with E-state index in [1.54, 1.807) is 4.98 Å². The number of ether oxygens (including phenoxy) is 1. The quantitative estimate of drug-likeness (QED) is 0.614. The van der Waals surface area contributed by atoms with Crippen molar-refractivity contribution in [2.75, 3.05) is 20.3 Å². The fourth-order valence-electron chi connectivity index (χ4n) is 1.11. The lowest BCUT2D eigenvalue weighted by Crippen LogP contribution is -2.31. The highest BCUT2D eigenvalue weighted by molar-refractivity contribution is 5.93. The Morgan fingerprint density at radius 3 is 2.58 bits per heavy atom. The summed E-state index contributed by atoms with van der Waals surface area (Å²) in [7, 11) is 1.42. The molecule has 1 amide bonds. The van der Waals surface area contributed by atoms with Crippen LogP contribution >= 0.6 is 0 Å². The van der Waals surface area contributed by atoms with Crippen LogP contribution in [0.15, 0.2) is 16.9 Å². The van der Waals surface area contributed by atoms with Gasteiger partial charge in [0.1, 0.15) is 11.3 Å². The first kappa shape index (κ1) is 15.2. The van der Waals surface area contributed by atoms with Gasteiger partial charge in [0.15, 0.2) is 0 Å². The van der Waals surface area contributed by atoms with Crippen molar-refractivity contribution >= 4 is 5.91 Å². The average molecular weight is 280 g/mol. The predicted molar refractivity (Wildman–Crippen MR) is 57.4 cm³/mol. The van der Waals surface area contributed by atoms with E-state index in [4.69, 9.17) is 0 Å². The number of H-pyrrole nitrogens is 1. The van der Waals surface area contributed by atoms with Gasteiger partial charge < -0.3 is 9.72 Å². The molecule has 0 bridgehead atoms. The number of nitrogens with one attached hydrogen (secondary N) is 2. The van der Waals surface area contributed by atoms with Crippen molar-refractivity contribution in [2.45, 2.75) is 6.18 Å². The minimum Gasteiger partial charge on any atom is -0.382 e. The van der Waals surface area contributed by atoms with Crippen LogP contribution in [0, 0.1) is 0 Å². The molecule has 0 radical (unpaired) electrons. The van der Waals surface area contributed by atoms with Gasteiger partial charge in [-0.25, -0.2) is 5.48 Å². The van der Waals surface area contributed by atoms with Crippen LogP contribution in [0.2, 0.25) is 0 Å². The van der Waals surface area contributed by atoms with Gasteiger partial charge in [-0.1, -0.05) is 0 Å². The van der Waals surface area contributed by atoms with Crippen LogP contribution in [-0.4, -0.2) is 31.2 Å². The zero-order chi connectivity index (χ0) is 14.5. The average Bonchev–Trinajstić information content (AvgIpc) is 2.33. The molecule has 19 heavy (non-hydrogen) atoms.